The summed E-state index contributed by atoms with van der Waals surface area (Å²) in [6.07, 6.45) is -2.94. The topological polar surface area (TPSA) is 37.0 Å². The van der Waals surface area contributed by atoms with E-state index in [9.17, 15) is 17.6 Å². The molecule has 0 spiro atoms. The van der Waals surface area contributed by atoms with E-state index in [1.54, 1.807) is 18.2 Å². The molecule has 8 heteroatoms. The number of nitrogens with one attached hydrogen (secondary N) is 2. The van der Waals surface area contributed by atoms with Crippen molar-refractivity contribution in [1.82, 2.24) is 10.3 Å². The van der Waals surface area contributed by atoms with Gasteiger partial charge in [0.1, 0.15) is 11.6 Å². The second-order valence-electron chi connectivity index (χ2n) is 4.62. The molecule has 0 fully saturated rings. The maximum atomic E-state index is 13.4. The maximum absolute atomic E-state index is 13.4. The highest BCUT2D eigenvalue weighted by Gasteiger charge is 2.34. The van der Waals surface area contributed by atoms with Gasteiger partial charge in [-0.1, -0.05) is 18.2 Å². The monoisotopic (exact) mass is 343 g/mol. The van der Waals surface area contributed by atoms with Crippen LogP contribution in [0.25, 0.3) is 0 Å². The highest BCUT2D eigenvalue weighted by Crippen LogP contribution is 2.33. The standard InChI is InChI=1S/C15H13F4N3S/c16-12-6-2-1-4-10(12)7-9-21-14(23)22-13-11(15(17,18)19)5-3-8-20-13/h1-6,8H,7,9H2,(H2,20,21,22,23). The van der Waals surface area contributed by atoms with Gasteiger partial charge in [0.25, 0.3) is 0 Å². The number of thiocarbonyl (C=S) groups is 1. The third-order valence-electron chi connectivity index (χ3n) is 2.98. The molecule has 0 radical (unpaired) electrons. The summed E-state index contributed by atoms with van der Waals surface area (Å²) in [5, 5.41) is 5.14. The third-order valence-corrected chi connectivity index (χ3v) is 3.23. The summed E-state index contributed by atoms with van der Waals surface area (Å²) in [7, 11) is 0. The number of hydrogen-bond donors (Lipinski definition) is 2. The van der Waals surface area contributed by atoms with E-state index in [4.69, 9.17) is 12.2 Å². The molecular formula is C15H13F4N3S. The maximum Gasteiger partial charge on any atom is 0.419 e. The van der Waals surface area contributed by atoms with Crippen molar-refractivity contribution in [3.63, 3.8) is 0 Å². The van der Waals surface area contributed by atoms with Crippen LogP contribution in [0.2, 0.25) is 0 Å². The number of anilines is 1. The summed E-state index contributed by atoms with van der Waals surface area (Å²) >= 11 is 4.94. The Morgan fingerprint density at radius 2 is 1.87 bits per heavy atom. The Labute approximate surface area is 135 Å². The lowest BCUT2D eigenvalue weighted by molar-refractivity contribution is -0.137. The van der Waals surface area contributed by atoms with Crippen LogP contribution in [0, 0.1) is 5.82 Å². The quantitative estimate of drug-likeness (QED) is 0.655. The van der Waals surface area contributed by atoms with Crippen LogP contribution in [0.3, 0.4) is 0 Å². The van der Waals surface area contributed by atoms with Gasteiger partial charge in [-0.05, 0) is 42.4 Å². The molecule has 2 aromatic rings. The van der Waals surface area contributed by atoms with E-state index in [0.717, 1.165) is 6.07 Å². The zero-order chi connectivity index (χ0) is 16.9. The fraction of sp³-hybridized carbons (Fsp3) is 0.200. The summed E-state index contributed by atoms with van der Waals surface area (Å²) in [6.45, 7) is 0.279. The summed E-state index contributed by atoms with van der Waals surface area (Å²) in [5.74, 6) is -0.708. The molecule has 122 valence electrons. The van der Waals surface area contributed by atoms with Gasteiger partial charge in [0, 0.05) is 12.7 Å². The Kier molecular flexibility index (Phi) is 5.49. The van der Waals surface area contributed by atoms with Gasteiger partial charge in [0.15, 0.2) is 5.11 Å². The fourth-order valence-corrected chi connectivity index (χ4v) is 2.10. The number of hydrogen-bond acceptors (Lipinski definition) is 2. The normalized spacial score (nSPS) is 11.1. The summed E-state index contributed by atoms with van der Waals surface area (Å²) in [5.41, 5.74) is -0.408. The van der Waals surface area contributed by atoms with E-state index in [-0.39, 0.29) is 23.3 Å². The SMILES string of the molecule is Fc1ccccc1CCNC(=S)Nc1ncccc1C(F)(F)F. The molecule has 1 aromatic heterocycles. The van der Waals surface area contributed by atoms with Gasteiger partial charge >= 0.3 is 6.18 Å². The van der Waals surface area contributed by atoms with Gasteiger partial charge in [0.2, 0.25) is 0 Å². The minimum atomic E-state index is -4.53. The van der Waals surface area contributed by atoms with Gasteiger partial charge in [-0.2, -0.15) is 13.2 Å². The zero-order valence-electron chi connectivity index (χ0n) is 11.8. The van der Waals surface area contributed by atoms with E-state index in [1.165, 1.54) is 18.3 Å². The first kappa shape index (κ1) is 17.1. The first-order chi connectivity index (χ1) is 10.9. The number of rotatable bonds is 4. The van der Waals surface area contributed by atoms with Crippen LogP contribution in [0.15, 0.2) is 42.6 Å². The fourth-order valence-electron chi connectivity index (χ4n) is 1.90. The average Bonchev–Trinajstić information content (AvgIpc) is 2.49. The highest BCUT2D eigenvalue weighted by atomic mass is 32.1. The molecule has 0 saturated carbocycles. The molecule has 2 rings (SSSR count). The van der Waals surface area contributed by atoms with Gasteiger partial charge in [0.05, 0.1) is 5.56 Å². The molecule has 0 amide bonds. The molecule has 0 aliphatic rings. The Balaban J connectivity index is 1.92. The van der Waals surface area contributed by atoms with Crippen LogP contribution < -0.4 is 10.6 Å². The number of alkyl halides is 3. The van der Waals surface area contributed by atoms with Crippen LogP contribution in [-0.2, 0) is 12.6 Å². The van der Waals surface area contributed by atoms with Gasteiger partial charge in [-0.15, -0.1) is 0 Å². The summed E-state index contributed by atoms with van der Waals surface area (Å²) < 4.78 is 51.9. The average molecular weight is 343 g/mol. The predicted molar refractivity (Wildman–Crippen MR) is 83.6 cm³/mol. The second-order valence-corrected chi connectivity index (χ2v) is 5.03. The largest absolute Gasteiger partial charge is 0.419 e. The molecule has 0 atom stereocenters. The van der Waals surface area contributed by atoms with Crippen LogP contribution in [-0.4, -0.2) is 16.6 Å². The number of pyridine rings is 1. The van der Waals surface area contributed by atoms with Crippen molar-refractivity contribution < 1.29 is 17.6 Å². The Morgan fingerprint density at radius 3 is 2.57 bits per heavy atom. The number of nitrogens with zero attached hydrogens (tertiary/aromatic N) is 1. The zero-order valence-corrected chi connectivity index (χ0v) is 12.6. The number of aromatic nitrogens is 1. The molecule has 3 nitrogen and oxygen atoms in total. The van der Waals surface area contributed by atoms with E-state index < -0.39 is 11.7 Å². The lowest BCUT2D eigenvalue weighted by Crippen LogP contribution is -2.31. The van der Waals surface area contributed by atoms with Crippen LogP contribution in [0.5, 0.6) is 0 Å². The molecule has 0 aliphatic carbocycles. The van der Waals surface area contributed by atoms with Crippen molar-refractivity contribution >= 4 is 23.1 Å². The molecule has 2 N–H and O–H groups in total. The van der Waals surface area contributed by atoms with Crippen LogP contribution >= 0.6 is 12.2 Å². The predicted octanol–water partition coefficient (Wildman–Crippen LogP) is 3.77. The lowest BCUT2D eigenvalue weighted by atomic mass is 10.1. The van der Waals surface area contributed by atoms with E-state index >= 15 is 0 Å². The van der Waals surface area contributed by atoms with Crippen molar-refractivity contribution in [2.45, 2.75) is 12.6 Å². The molecule has 0 unspecified atom stereocenters. The molecule has 0 saturated heterocycles. The summed E-state index contributed by atoms with van der Waals surface area (Å²) in [4.78, 5) is 3.65. The van der Waals surface area contributed by atoms with E-state index in [2.05, 4.69) is 15.6 Å². The Bertz CT molecular complexity index is 688. The number of benzene rings is 1. The summed E-state index contributed by atoms with van der Waals surface area (Å²) in [6, 6.07) is 8.38. The molecule has 23 heavy (non-hydrogen) atoms. The minimum Gasteiger partial charge on any atom is -0.362 e. The first-order valence-electron chi connectivity index (χ1n) is 6.68. The van der Waals surface area contributed by atoms with Crippen molar-refractivity contribution in [3.8, 4) is 0 Å². The first-order valence-corrected chi connectivity index (χ1v) is 7.09. The van der Waals surface area contributed by atoms with E-state index in [0.29, 0.717) is 12.0 Å². The van der Waals surface area contributed by atoms with Crippen molar-refractivity contribution in [2.24, 2.45) is 0 Å². The van der Waals surface area contributed by atoms with Crippen molar-refractivity contribution in [2.75, 3.05) is 11.9 Å². The smallest absolute Gasteiger partial charge is 0.362 e. The van der Waals surface area contributed by atoms with Crippen LogP contribution in [0.1, 0.15) is 11.1 Å². The lowest BCUT2D eigenvalue weighted by Gasteiger charge is -2.14. The molecule has 1 heterocycles. The van der Waals surface area contributed by atoms with Gasteiger partial charge in [-0.3, -0.25) is 0 Å². The third kappa shape index (κ3) is 4.88. The number of halogens is 4. The molecule has 1 aromatic carbocycles. The molecule has 0 bridgehead atoms. The minimum absolute atomic E-state index is 0.00876. The second kappa shape index (κ2) is 7.36. The Hall–Kier alpha value is -2.22. The van der Waals surface area contributed by atoms with E-state index in [1.807, 2.05) is 0 Å². The van der Waals surface area contributed by atoms with Gasteiger partial charge in [-0.25, -0.2) is 9.37 Å². The van der Waals surface area contributed by atoms with Crippen LogP contribution in [0.4, 0.5) is 23.4 Å². The molecule has 0 aliphatic heterocycles. The highest BCUT2D eigenvalue weighted by molar-refractivity contribution is 7.80. The van der Waals surface area contributed by atoms with Crippen molar-refractivity contribution in [1.29, 1.82) is 0 Å². The Morgan fingerprint density at radius 1 is 1.13 bits per heavy atom. The van der Waals surface area contributed by atoms with Crippen molar-refractivity contribution in [3.05, 3.63) is 59.5 Å². The molecular weight excluding hydrogens is 330 g/mol. The van der Waals surface area contributed by atoms with Gasteiger partial charge < -0.3 is 10.6 Å².